The molecule has 2 atom stereocenters. The van der Waals surface area contributed by atoms with Crippen LogP contribution in [-0.4, -0.2) is 11.0 Å². The van der Waals surface area contributed by atoms with Crippen LogP contribution in [0.25, 0.3) is 0 Å². The maximum Gasteiger partial charge on any atom is 0.145 e. The van der Waals surface area contributed by atoms with Crippen LogP contribution in [0.2, 0.25) is 5.02 Å². The molecule has 20 heavy (non-hydrogen) atoms. The quantitative estimate of drug-likeness (QED) is 0.914. The molecule has 0 amide bonds. The lowest BCUT2D eigenvalue weighted by molar-refractivity contribution is 0.170. The van der Waals surface area contributed by atoms with Gasteiger partial charge in [0.1, 0.15) is 17.7 Å². The van der Waals surface area contributed by atoms with Crippen LogP contribution in [0.5, 0.6) is 5.75 Å². The summed E-state index contributed by atoms with van der Waals surface area (Å²) in [7, 11) is 0. The Labute approximate surface area is 122 Å². The topological polar surface area (TPSA) is 48.1 Å². The summed E-state index contributed by atoms with van der Waals surface area (Å²) >= 11 is 5.66. The number of rotatable bonds is 5. The molecule has 1 heterocycles. The fraction of sp³-hybridized carbons (Fsp3) is 0.267. The average molecular weight is 295 g/mol. The highest BCUT2D eigenvalue weighted by Gasteiger charge is 2.21. The Bertz CT molecular complexity index is 565. The van der Waals surface area contributed by atoms with Gasteiger partial charge in [0.15, 0.2) is 0 Å². The van der Waals surface area contributed by atoms with E-state index >= 15 is 0 Å². The van der Waals surface area contributed by atoms with Crippen LogP contribution in [0.15, 0.2) is 42.7 Å². The molecular formula is C15H16ClFN2O. The molecule has 0 fully saturated rings. The molecule has 1 aromatic carbocycles. The van der Waals surface area contributed by atoms with Crippen molar-refractivity contribution in [2.45, 2.75) is 25.5 Å². The highest BCUT2D eigenvalue weighted by molar-refractivity contribution is 6.30. The molecule has 0 aliphatic carbocycles. The summed E-state index contributed by atoms with van der Waals surface area (Å²) in [5.74, 6) is -0.121. The zero-order valence-electron chi connectivity index (χ0n) is 11.1. The summed E-state index contributed by atoms with van der Waals surface area (Å²) in [5, 5.41) is 0.0649. The number of halogens is 2. The van der Waals surface area contributed by atoms with Gasteiger partial charge < -0.3 is 10.5 Å². The lowest BCUT2D eigenvalue weighted by Crippen LogP contribution is -2.31. The third kappa shape index (κ3) is 3.46. The summed E-state index contributed by atoms with van der Waals surface area (Å²) in [6.07, 6.45) is 3.73. The number of pyridine rings is 1. The zero-order chi connectivity index (χ0) is 14.5. The highest BCUT2D eigenvalue weighted by atomic mass is 35.5. The number of ether oxygens (including phenoxy) is 1. The normalized spacial score (nSPS) is 13.8. The van der Waals surface area contributed by atoms with Crippen LogP contribution >= 0.6 is 11.6 Å². The third-order valence-corrected chi connectivity index (χ3v) is 3.33. The van der Waals surface area contributed by atoms with Crippen LogP contribution in [0.1, 0.15) is 25.0 Å². The second-order valence-corrected chi connectivity index (χ2v) is 4.88. The van der Waals surface area contributed by atoms with Gasteiger partial charge in [-0.3, -0.25) is 4.98 Å². The van der Waals surface area contributed by atoms with Crippen molar-refractivity contribution in [1.29, 1.82) is 0 Å². The Hall–Kier alpha value is -1.65. The summed E-state index contributed by atoms with van der Waals surface area (Å²) in [4.78, 5) is 4.06. The number of nitrogens with two attached hydrogens (primary N) is 1. The highest BCUT2D eigenvalue weighted by Crippen LogP contribution is 2.27. The van der Waals surface area contributed by atoms with Gasteiger partial charge in [0.05, 0.1) is 5.02 Å². The largest absolute Gasteiger partial charge is 0.484 e. The SMILES string of the molecule is CCC(N)C(Oc1ccc(Cl)c(F)c1)c1cccnc1. The number of aromatic nitrogens is 1. The van der Waals surface area contributed by atoms with E-state index in [0.29, 0.717) is 5.75 Å². The second kappa shape index (κ2) is 6.68. The van der Waals surface area contributed by atoms with Gasteiger partial charge in [0.25, 0.3) is 0 Å². The molecular weight excluding hydrogens is 279 g/mol. The van der Waals surface area contributed by atoms with Crippen LogP contribution < -0.4 is 10.5 Å². The third-order valence-electron chi connectivity index (χ3n) is 3.03. The number of hydrogen-bond donors (Lipinski definition) is 1. The van der Waals surface area contributed by atoms with E-state index < -0.39 is 5.82 Å². The van der Waals surface area contributed by atoms with E-state index in [1.54, 1.807) is 18.5 Å². The zero-order valence-corrected chi connectivity index (χ0v) is 11.8. The number of benzene rings is 1. The predicted molar refractivity (Wildman–Crippen MR) is 77.3 cm³/mol. The molecule has 2 unspecified atom stereocenters. The fourth-order valence-corrected chi connectivity index (χ4v) is 1.98. The minimum Gasteiger partial charge on any atom is -0.484 e. The first-order valence-corrected chi connectivity index (χ1v) is 6.76. The van der Waals surface area contributed by atoms with Crippen LogP contribution in [-0.2, 0) is 0 Å². The van der Waals surface area contributed by atoms with E-state index in [-0.39, 0.29) is 17.2 Å². The minimum atomic E-state index is -0.515. The molecule has 106 valence electrons. The standard InChI is InChI=1S/C15H16ClFN2O/c1-2-14(18)15(10-4-3-7-19-9-10)20-11-5-6-12(16)13(17)8-11/h3-9,14-15H,2,18H2,1H3. The van der Waals surface area contributed by atoms with Gasteiger partial charge in [-0.15, -0.1) is 0 Å². The molecule has 3 nitrogen and oxygen atoms in total. The van der Waals surface area contributed by atoms with Crippen molar-refractivity contribution in [3.63, 3.8) is 0 Å². The molecule has 0 saturated heterocycles. The first-order chi connectivity index (χ1) is 9.61. The second-order valence-electron chi connectivity index (χ2n) is 4.47. The average Bonchev–Trinajstić information content (AvgIpc) is 2.48. The first-order valence-electron chi connectivity index (χ1n) is 6.39. The molecule has 1 aromatic heterocycles. The molecule has 0 saturated carbocycles. The van der Waals surface area contributed by atoms with Gasteiger partial charge in [-0.2, -0.15) is 0 Å². The van der Waals surface area contributed by atoms with Gasteiger partial charge in [-0.25, -0.2) is 4.39 Å². The Morgan fingerprint density at radius 2 is 2.20 bits per heavy atom. The summed E-state index contributed by atoms with van der Waals surface area (Å²) in [6, 6.07) is 7.84. The molecule has 0 aliphatic heterocycles. The maximum atomic E-state index is 13.5. The Kier molecular flexibility index (Phi) is 4.93. The molecule has 2 N–H and O–H groups in total. The van der Waals surface area contributed by atoms with E-state index in [1.807, 2.05) is 19.1 Å². The van der Waals surface area contributed by atoms with Crippen molar-refractivity contribution >= 4 is 11.6 Å². The van der Waals surface area contributed by atoms with Crippen molar-refractivity contribution < 1.29 is 9.13 Å². The van der Waals surface area contributed by atoms with Crippen molar-refractivity contribution in [2.75, 3.05) is 0 Å². The Morgan fingerprint density at radius 3 is 2.80 bits per heavy atom. The van der Waals surface area contributed by atoms with Crippen molar-refractivity contribution in [3.8, 4) is 5.75 Å². The van der Waals surface area contributed by atoms with Crippen LogP contribution in [0.4, 0.5) is 4.39 Å². The first kappa shape index (κ1) is 14.8. The lowest BCUT2D eigenvalue weighted by atomic mass is 10.0. The molecule has 0 radical (unpaired) electrons. The Morgan fingerprint density at radius 1 is 1.40 bits per heavy atom. The molecule has 0 aliphatic rings. The van der Waals surface area contributed by atoms with Crippen LogP contribution in [0, 0.1) is 5.82 Å². The summed E-state index contributed by atoms with van der Waals surface area (Å²) in [5.41, 5.74) is 6.95. The lowest BCUT2D eigenvalue weighted by Gasteiger charge is -2.24. The molecule has 2 aromatic rings. The molecule has 0 bridgehead atoms. The minimum absolute atomic E-state index is 0.0649. The smallest absolute Gasteiger partial charge is 0.145 e. The van der Waals surface area contributed by atoms with E-state index in [1.165, 1.54) is 12.1 Å². The van der Waals surface area contributed by atoms with Crippen molar-refractivity contribution in [2.24, 2.45) is 5.73 Å². The van der Waals surface area contributed by atoms with E-state index in [9.17, 15) is 4.39 Å². The van der Waals surface area contributed by atoms with Crippen molar-refractivity contribution in [3.05, 3.63) is 59.1 Å². The van der Waals surface area contributed by atoms with Gasteiger partial charge in [-0.05, 0) is 24.6 Å². The van der Waals surface area contributed by atoms with Gasteiger partial charge in [0.2, 0.25) is 0 Å². The Balaban J connectivity index is 2.26. The van der Waals surface area contributed by atoms with E-state index in [0.717, 1.165) is 12.0 Å². The van der Waals surface area contributed by atoms with E-state index in [2.05, 4.69) is 4.98 Å². The predicted octanol–water partition coefficient (Wildman–Crippen LogP) is 3.73. The van der Waals surface area contributed by atoms with Gasteiger partial charge >= 0.3 is 0 Å². The number of nitrogens with zero attached hydrogens (tertiary/aromatic N) is 1. The molecule has 0 spiro atoms. The summed E-state index contributed by atoms with van der Waals surface area (Å²) in [6.45, 7) is 1.97. The van der Waals surface area contributed by atoms with E-state index in [4.69, 9.17) is 22.1 Å². The number of hydrogen-bond acceptors (Lipinski definition) is 3. The maximum absolute atomic E-state index is 13.5. The monoisotopic (exact) mass is 294 g/mol. The summed E-state index contributed by atoms with van der Waals surface area (Å²) < 4.78 is 19.3. The fourth-order valence-electron chi connectivity index (χ4n) is 1.86. The molecule has 2 rings (SSSR count). The molecule has 5 heteroatoms. The van der Waals surface area contributed by atoms with Gasteiger partial charge in [-0.1, -0.05) is 24.6 Å². The van der Waals surface area contributed by atoms with Crippen molar-refractivity contribution in [1.82, 2.24) is 4.98 Å². The van der Waals surface area contributed by atoms with Crippen LogP contribution in [0.3, 0.4) is 0 Å². The van der Waals surface area contributed by atoms with Gasteiger partial charge in [0, 0.05) is 30.1 Å².